The summed E-state index contributed by atoms with van der Waals surface area (Å²) >= 11 is 0. The van der Waals surface area contributed by atoms with E-state index in [1.54, 1.807) is 59.6 Å². The van der Waals surface area contributed by atoms with Crippen LogP contribution in [0.25, 0.3) is 23.0 Å². The summed E-state index contributed by atoms with van der Waals surface area (Å²) in [6, 6.07) is 25.5. The predicted molar refractivity (Wildman–Crippen MR) is 186 cm³/mol. The number of para-hydroxylation sites is 1. The Morgan fingerprint density at radius 1 is 1.02 bits per heavy atom. The third-order valence-electron chi connectivity index (χ3n) is 9.04. The summed E-state index contributed by atoms with van der Waals surface area (Å²) < 4.78 is 35.9. The monoisotopic (exact) mass is 675 g/mol. The van der Waals surface area contributed by atoms with Gasteiger partial charge in [-0.05, 0) is 85.7 Å². The molecule has 1 unspecified atom stereocenters. The molecule has 1 fully saturated rings. The number of piperidine rings is 1. The van der Waals surface area contributed by atoms with Gasteiger partial charge in [-0.3, -0.25) is 14.5 Å². The highest BCUT2D eigenvalue weighted by atomic mass is 32.2. The van der Waals surface area contributed by atoms with Gasteiger partial charge in [0.15, 0.2) is 0 Å². The summed E-state index contributed by atoms with van der Waals surface area (Å²) in [5, 5.41) is 14.9. The third kappa shape index (κ3) is 6.84. The molecule has 1 aromatic heterocycles. The summed E-state index contributed by atoms with van der Waals surface area (Å²) in [5.41, 5.74) is 3.52. The molecule has 2 aliphatic heterocycles. The van der Waals surface area contributed by atoms with Crippen molar-refractivity contribution in [2.45, 2.75) is 38.0 Å². The second-order valence-corrected chi connectivity index (χ2v) is 14.3. The number of nitrogens with zero attached hydrogens (tertiary/aromatic N) is 5. The number of rotatable bonds is 9. The third-order valence-corrected chi connectivity index (χ3v) is 10.9. The van der Waals surface area contributed by atoms with Crippen LogP contribution in [0.3, 0.4) is 0 Å². The number of benzene rings is 3. The zero-order chi connectivity index (χ0) is 34.7. The van der Waals surface area contributed by atoms with E-state index in [0.717, 1.165) is 29.0 Å². The largest absolute Gasteiger partial charge is 0.497 e. The first-order valence-electron chi connectivity index (χ1n) is 16.2. The maximum atomic E-state index is 14.0. The summed E-state index contributed by atoms with van der Waals surface area (Å²) in [4.78, 5) is 28.6. The molecule has 10 nitrogen and oxygen atoms in total. The van der Waals surface area contributed by atoms with E-state index in [1.165, 1.54) is 0 Å². The smallest absolute Gasteiger partial charge is 0.271 e. The van der Waals surface area contributed by atoms with Crippen molar-refractivity contribution in [2.75, 3.05) is 26.7 Å². The normalized spacial score (nSPS) is 18.2. The Labute approximate surface area is 286 Å². The fraction of sp³-hybridized carbons (Fsp3) is 0.263. The van der Waals surface area contributed by atoms with Gasteiger partial charge in [0, 0.05) is 42.5 Å². The number of sulfonamides is 1. The number of carbonyl (C=O) groups is 2. The zero-order valence-corrected chi connectivity index (χ0v) is 28.5. The van der Waals surface area contributed by atoms with Crippen LogP contribution in [0.2, 0.25) is 0 Å². The summed E-state index contributed by atoms with van der Waals surface area (Å²) in [7, 11) is -2.17. The molecule has 0 spiro atoms. The zero-order valence-electron chi connectivity index (χ0n) is 27.7. The Balaban J connectivity index is 1.42. The van der Waals surface area contributed by atoms with Crippen molar-refractivity contribution >= 4 is 27.9 Å². The SMILES string of the molecule is COc1ccc(CCN2C(=O)C(C#N)=C(C)/C(=C\c3cn(-c4ccccc4)nc3-c3cccc(S(=O)(=O)N4CCCC(C)C4)c3)C2=O)cc1. The molecule has 2 amide bonds. The molecule has 11 heteroatoms. The first kappa shape index (κ1) is 33.6. The fourth-order valence-corrected chi connectivity index (χ4v) is 7.91. The van der Waals surface area contributed by atoms with Gasteiger partial charge in [0.05, 0.1) is 17.7 Å². The maximum Gasteiger partial charge on any atom is 0.271 e. The van der Waals surface area contributed by atoms with Crippen LogP contribution in [0.1, 0.15) is 37.8 Å². The van der Waals surface area contributed by atoms with E-state index in [1.807, 2.05) is 60.7 Å². The molecule has 0 N–H and O–H groups in total. The molecule has 3 heterocycles. The minimum absolute atomic E-state index is 0.0744. The summed E-state index contributed by atoms with van der Waals surface area (Å²) in [6.07, 6.45) is 5.59. The van der Waals surface area contributed by atoms with Gasteiger partial charge in [-0.15, -0.1) is 0 Å². The predicted octanol–water partition coefficient (Wildman–Crippen LogP) is 5.80. The number of imide groups is 1. The van der Waals surface area contributed by atoms with E-state index in [0.29, 0.717) is 42.1 Å². The lowest BCUT2D eigenvalue weighted by Crippen LogP contribution is -2.43. The van der Waals surface area contributed by atoms with Crippen LogP contribution in [0, 0.1) is 17.2 Å². The van der Waals surface area contributed by atoms with Crippen LogP contribution in [0.15, 0.2) is 107 Å². The van der Waals surface area contributed by atoms with Crippen molar-refractivity contribution in [1.29, 1.82) is 5.26 Å². The fourth-order valence-electron chi connectivity index (χ4n) is 6.27. The Bertz CT molecular complexity index is 2110. The minimum Gasteiger partial charge on any atom is -0.497 e. The maximum absolute atomic E-state index is 14.0. The van der Waals surface area contributed by atoms with Gasteiger partial charge in [0.25, 0.3) is 11.8 Å². The van der Waals surface area contributed by atoms with E-state index in [4.69, 9.17) is 9.84 Å². The Kier molecular flexibility index (Phi) is 9.62. The highest BCUT2D eigenvalue weighted by Gasteiger charge is 2.36. The number of nitriles is 1. The Morgan fingerprint density at radius 3 is 2.47 bits per heavy atom. The van der Waals surface area contributed by atoms with Crippen molar-refractivity contribution in [2.24, 2.45) is 5.92 Å². The molecular formula is C38H37N5O5S. The van der Waals surface area contributed by atoms with Crippen molar-refractivity contribution in [1.82, 2.24) is 19.0 Å². The summed E-state index contributed by atoms with van der Waals surface area (Å²) in [5.74, 6) is -0.193. The molecule has 3 aromatic carbocycles. The quantitative estimate of drug-likeness (QED) is 0.162. The highest BCUT2D eigenvalue weighted by molar-refractivity contribution is 7.89. The molecule has 6 rings (SSSR count). The number of aromatic nitrogens is 2. The van der Waals surface area contributed by atoms with Gasteiger partial charge in [0.1, 0.15) is 23.1 Å². The lowest BCUT2D eigenvalue weighted by Gasteiger charge is -2.30. The molecule has 49 heavy (non-hydrogen) atoms. The standard InChI is InChI=1S/C38H37N5O5S/c1-26-9-8-19-41(24-26)49(46,47)33-13-7-10-29(21-33)36-30(25-43(40-36)31-11-5-4-6-12-31)22-34-27(2)35(23-39)38(45)42(37(34)44)20-18-28-14-16-32(48-3)17-15-28/h4-7,10-17,21-22,25-26H,8-9,18-20,24H2,1-3H3/b34-22+. The number of methoxy groups -OCH3 is 1. The van der Waals surface area contributed by atoms with Crippen molar-refractivity contribution in [3.63, 3.8) is 0 Å². The molecule has 0 bridgehead atoms. The van der Waals surface area contributed by atoms with Gasteiger partial charge in [0.2, 0.25) is 10.0 Å². The van der Waals surface area contributed by atoms with E-state index >= 15 is 0 Å². The molecule has 4 aromatic rings. The average molecular weight is 676 g/mol. The van der Waals surface area contributed by atoms with E-state index in [2.05, 4.69) is 6.92 Å². The van der Waals surface area contributed by atoms with Crippen molar-refractivity contribution < 1.29 is 22.7 Å². The second-order valence-electron chi connectivity index (χ2n) is 12.4. The van der Waals surface area contributed by atoms with Gasteiger partial charge < -0.3 is 4.74 Å². The number of ether oxygens (including phenoxy) is 1. The van der Waals surface area contributed by atoms with Gasteiger partial charge in [-0.25, -0.2) is 13.1 Å². The van der Waals surface area contributed by atoms with Crippen LogP contribution in [0.4, 0.5) is 0 Å². The molecule has 0 saturated carbocycles. The molecule has 250 valence electrons. The van der Waals surface area contributed by atoms with Crippen LogP contribution in [-0.4, -0.2) is 66.0 Å². The van der Waals surface area contributed by atoms with Crippen LogP contribution < -0.4 is 4.74 Å². The molecule has 1 saturated heterocycles. The molecule has 0 radical (unpaired) electrons. The van der Waals surface area contributed by atoms with E-state index in [-0.39, 0.29) is 34.1 Å². The molecule has 2 aliphatic rings. The van der Waals surface area contributed by atoms with E-state index < -0.39 is 21.8 Å². The highest BCUT2D eigenvalue weighted by Crippen LogP contribution is 2.33. The van der Waals surface area contributed by atoms with Crippen molar-refractivity contribution in [3.05, 3.63) is 113 Å². The van der Waals surface area contributed by atoms with Gasteiger partial charge in [-0.2, -0.15) is 14.7 Å². The number of carbonyl (C=O) groups excluding carboxylic acids is 2. The number of hydrogen-bond acceptors (Lipinski definition) is 7. The number of amides is 2. The first-order valence-corrected chi connectivity index (χ1v) is 17.6. The second kappa shape index (κ2) is 14.0. The van der Waals surface area contributed by atoms with Gasteiger partial charge in [-0.1, -0.05) is 49.4 Å². The topological polar surface area (TPSA) is 126 Å². The molecular weight excluding hydrogens is 639 g/mol. The minimum atomic E-state index is -3.75. The number of hydrogen-bond donors (Lipinski definition) is 0. The average Bonchev–Trinajstić information content (AvgIpc) is 3.55. The summed E-state index contributed by atoms with van der Waals surface area (Å²) in [6.45, 7) is 4.66. The first-order chi connectivity index (χ1) is 23.6. The lowest BCUT2D eigenvalue weighted by atomic mass is 9.93. The van der Waals surface area contributed by atoms with Crippen molar-refractivity contribution in [3.8, 4) is 28.8 Å². The lowest BCUT2D eigenvalue weighted by molar-refractivity contribution is -0.140. The van der Waals surface area contributed by atoms with Crippen LogP contribution >= 0.6 is 0 Å². The van der Waals surface area contributed by atoms with E-state index in [9.17, 15) is 23.3 Å². The van der Waals surface area contributed by atoms with Crippen LogP contribution in [0.5, 0.6) is 5.75 Å². The molecule has 0 aliphatic carbocycles. The van der Waals surface area contributed by atoms with Gasteiger partial charge >= 0.3 is 0 Å². The molecule has 1 atom stereocenters. The Morgan fingerprint density at radius 2 is 1.78 bits per heavy atom. The van der Waals surface area contributed by atoms with Crippen LogP contribution in [-0.2, 0) is 26.0 Å². The Hall–Kier alpha value is -5.31.